The van der Waals surface area contributed by atoms with Crippen LogP contribution in [0.25, 0.3) is 38.9 Å². The first-order valence-electron chi connectivity index (χ1n) is 11.1. The highest BCUT2D eigenvalue weighted by molar-refractivity contribution is 6.31. The third kappa shape index (κ3) is 5.28. The molecule has 200 valence electrons. The van der Waals surface area contributed by atoms with Gasteiger partial charge in [0.25, 0.3) is 0 Å². The Kier molecular flexibility index (Phi) is 7.58. The summed E-state index contributed by atoms with van der Waals surface area (Å²) in [5.41, 5.74) is 8.89. The van der Waals surface area contributed by atoms with Crippen molar-refractivity contribution in [2.45, 2.75) is 19.1 Å². The molecule has 14 heteroatoms. The molecule has 9 nitrogen and oxygen atoms in total. The number of hydrogen-bond donors (Lipinski definition) is 3. The summed E-state index contributed by atoms with van der Waals surface area (Å²) in [7, 11) is 1.95. The zero-order valence-corrected chi connectivity index (χ0v) is 21.3. The lowest BCUT2D eigenvalue weighted by atomic mass is 10.1. The molecule has 0 spiro atoms. The molecule has 0 unspecified atom stereocenters. The minimum atomic E-state index is -5.08. The molecule has 3 heterocycles. The predicted molar refractivity (Wildman–Crippen MR) is 139 cm³/mol. The highest BCUT2D eigenvalue weighted by atomic mass is 35.5. The molecule has 0 aliphatic carbocycles. The number of carboxylic acids is 1. The lowest BCUT2D eigenvalue weighted by molar-refractivity contribution is -0.192. The summed E-state index contributed by atoms with van der Waals surface area (Å²) < 4.78 is 37.4. The average Bonchev–Trinajstić information content (AvgIpc) is 3.49. The molecule has 0 atom stereocenters. The molecule has 4 N–H and O–H groups in total. The number of rotatable bonds is 5. The van der Waals surface area contributed by atoms with Gasteiger partial charge in [0, 0.05) is 57.9 Å². The molecule has 0 bridgehead atoms. The standard InChI is InChI=1S/C22H20Cl2N6O.C2HF3O2/c1-28-11-17(15-9-13(23)3-5-18(15)28)21-26-27-22(31)30(21)20-12-29(8-2-7-25)19-6-4-14(24)10-16(19)20;3-2(4,5)1(6)7/h3-6,9-12H,2,7-8,25H2,1H3,(H,27,31);(H,6,7). The molecule has 3 aromatic heterocycles. The Labute approximate surface area is 222 Å². The van der Waals surface area contributed by atoms with Gasteiger partial charge >= 0.3 is 17.8 Å². The molecule has 2 aromatic carbocycles. The van der Waals surface area contributed by atoms with Gasteiger partial charge in [-0.15, -0.1) is 0 Å². The fourth-order valence-corrected chi connectivity index (χ4v) is 4.46. The molecule has 0 radical (unpaired) electrons. The van der Waals surface area contributed by atoms with Crippen LogP contribution >= 0.6 is 23.2 Å². The number of aromatic amines is 1. The van der Waals surface area contributed by atoms with E-state index in [1.165, 1.54) is 0 Å². The third-order valence-corrected chi connectivity index (χ3v) is 6.24. The molecular weight excluding hydrogens is 548 g/mol. The first kappa shape index (κ1) is 27.3. The number of alkyl halides is 3. The van der Waals surface area contributed by atoms with Gasteiger partial charge in [-0.1, -0.05) is 23.2 Å². The van der Waals surface area contributed by atoms with E-state index in [4.69, 9.17) is 38.8 Å². The molecule has 5 rings (SSSR count). The third-order valence-electron chi connectivity index (χ3n) is 5.77. The van der Waals surface area contributed by atoms with Gasteiger partial charge in [-0.3, -0.25) is 0 Å². The Balaban J connectivity index is 0.000000426. The molecule has 0 amide bonds. The second kappa shape index (κ2) is 10.6. The van der Waals surface area contributed by atoms with Gasteiger partial charge in [-0.25, -0.2) is 19.3 Å². The SMILES string of the molecule is Cn1cc(-c2n[nH]c(=O)n2-c2cn(CCCN)c3ccc(Cl)cc23)c2cc(Cl)ccc21.O=C(O)C(F)(F)F. The van der Waals surface area contributed by atoms with Crippen LogP contribution in [0.2, 0.25) is 10.0 Å². The van der Waals surface area contributed by atoms with Crippen molar-refractivity contribution in [3.63, 3.8) is 0 Å². The normalized spacial score (nSPS) is 11.7. The Morgan fingerprint density at radius 1 is 1.08 bits per heavy atom. The van der Waals surface area contributed by atoms with E-state index in [1.54, 1.807) is 4.57 Å². The van der Waals surface area contributed by atoms with Crippen LogP contribution in [0.3, 0.4) is 0 Å². The summed E-state index contributed by atoms with van der Waals surface area (Å²) in [5, 5.41) is 17.1. The molecule has 0 fully saturated rings. The minimum absolute atomic E-state index is 0.327. The van der Waals surface area contributed by atoms with Crippen LogP contribution in [0, 0.1) is 0 Å². The van der Waals surface area contributed by atoms with E-state index in [2.05, 4.69) is 14.8 Å². The van der Waals surface area contributed by atoms with E-state index < -0.39 is 12.1 Å². The number of halogens is 5. The maximum atomic E-state index is 12.9. The zero-order chi connectivity index (χ0) is 27.8. The molecule has 38 heavy (non-hydrogen) atoms. The Bertz CT molecular complexity index is 1700. The smallest absolute Gasteiger partial charge is 0.475 e. The molecule has 0 saturated heterocycles. The van der Waals surface area contributed by atoms with Crippen molar-refractivity contribution in [3.8, 4) is 17.1 Å². The minimum Gasteiger partial charge on any atom is -0.475 e. The molecule has 0 aliphatic rings. The maximum absolute atomic E-state index is 12.9. The molecular formula is C24H21Cl2F3N6O3. The molecule has 5 aromatic rings. The van der Waals surface area contributed by atoms with E-state index in [0.29, 0.717) is 28.1 Å². The van der Waals surface area contributed by atoms with Crippen LogP contribution in [0.4, 0.5) is 13.2 Å². The van der Waals surface area contributed by atoms with Gasteiger partial charge < -0.3 is 20.0 Å². The van der Waals surface area contributed by atoms with E-state index in [1.807, 2.05) is 60.4 Å². The summed E-state index contributed by atoms with van der Waals surface area (Å²) in [4.78, 5) is 21.8. The molecule has 0 saturated carbocycles. The first-order chi connectivity index (χ1) is 17.9. The van der Waals surface area contributed by atoms with Gasteiger partial charge in [-0.05, 0) is 49.4 Å². The summed E-state index contributed by atoms with van der Waals surface area (Å²) in [6.45, 7) is 1.32. The van der Waals surface area contributed by atoms with Crippen LogP contribution in [0.5, 0.6) is 0 Å². The lowest BCUT2D eigenvalue weighted by Gasteiger charge is -2.04. The van der Waals surface area contributed by atoms with Gasteiger partial charge in [0.2, 0.25) is 0 Å². The van der Waals surface area contributed by atoms with Crippen molar-refractivity contribution in [2.75, 3.05) is 6.54 Å². The van der Waals surface area contributed by atoms with Crippen LogP contribution < -0.4 is 11.4 Å². The number of nitrogens with two attached hydrogens (primary N) is 1. The van der Waals surface area contributed by atoms with Crippen LogP contribution in [-0.2, 0) is 18.4 Å². The van der Waals surface area contributed by atoms with Crippen molar-refractivity contribution in [3.05, 3.63) is 69.3 Å². The summed E-state index contributed by atoms with van der Waals surface area (Å²) >= 11 is 12.6. The first-order valence-corrected chi connectivity index (χ1v) is 11.9. The quantitative estimate of drug-likeness (QED) is 0.276. The van der Waals surface area contributed by atoms with Crippen LogP contribution in [0.1, 0.15) is 6.42 Å². The second-order valence-corrected chi connectivity index (χ2v) is 9.19. The Morgan fingerprint density at radius 3 is 2.29 bits per heavy atom. The Morgan fingerprint density at radius 2 is 1.68 bits per heavy atom. The number of carbonyl (C=O) groups is 1. The van der Waals surface area contributed by atoms with Crippen LogP contribution in [-0.4, -0.2) is 47.7 Å². The van der Waals surface area contributed by atoms with Gasteiger partial charge in [0.1, 0.15) is 0 Å². The number of carboxylic acid groups (broad SMARTS) is 1. The highest BCUT2D eigenvalue weighted by Crippen LogP contribution is 2.34. The highest BCUT2D eigenvalue weighted by Gasteiger charge is 2.38. The number of benzene rings is 2. The number of nitrogens with zero attached hydrogens (tertiary/aromatic N) is 4. The van der Waals surface area contributed by atoms with Crippen LogP contribution in [0.15, 0.2) is 53.6 Å². The number of aromatic nitrogens is 5. The summed E-state index contributed by atoms with van der Waals surface area (Å²) in [6, 6.07) is 11.4. The van der Waals surface area contributed by atoms with E-state index in [9.17, 15) is 18.0 Å². The van der Waals surface area contributed by atoms with Gasteiger partial charge in [-0.2, -0.15) is 18.3 Å². The number of H-pyrrole nitrogens is 1. The topological polar surface area (TPSA) is 124 Å². The van der Waals surface area contributed by atoms with Crippen molar-refractivity contribution >= 4 is 51.0 Å². The van der Waals surface area contributed by atoms with E-state index >= 15 is 0 Å². The fraction of sp³-hybridized carbons (Fsp3) is 0.208. The fourth-order valence-electron chi connectivity index (χ4n) is 4.12. The number of hydrogen-bond acceptors (Lipinski definition) is 4. The number of nitrogens with one attached hydrogen (secondary N) is 1. The zero-order valence-electron chi connectivity index (χ0n) is 19.8. The van der Waals surface area contributed by atoms with Crippen molar-refractivity contribution in [1.82, 2.24) is 23.9 Å². The van der Waals surface area contributed by atoms with E-state index in [0.717, 1.165) is 40.3 Å². The maximum Gasteiger partial charge on any atom is 0.490 e. The number of fused-ring (bicyclic) bond motifs is 2. The van der Waals surface area contributed by atoms with E-state index in [-0.39, 0.29) is 5.69 Å². The lowest BCUT2D eigenvalue weighted by Crippen LogP contribution is -2.21. The summed E-state index contributed by atoms with van der Waals surface area (Å²) in [5.74, 6) is -2.25. The number of aryl methyl sites for hydroxylation is 2. The second-order valence-electron chi connectivity index (χ2n) is 8.32. The monoisotopic (exact) mass is 568 g/mol. The predicted octanol–water partition coefficient (Wildman–Crippen LogP) is 4.96. The molecule has 0 aliphatic heterocycles. The van der Waals surface area contributed by atoms with Crippen molar-refractivity contribution < 1.29 is 23.1 Å². The number of aliphatic carboxylic acids is 1. The van der Waals surface area contributed by atoms with Gasteiger partial charge in [0.15, 0.2) is 5.82 Å². The average molecular weight is 569 g/mol. The largest absolute Gasteiger partial charge is 0.490 e. The van der Waals surface area contributed by atoms with Crippen molar-refractivity contribution in [1.29, 1.82) is 0 Å². The summed E-state index contributed by atoms with van der Waals surface area (Å²) in [6.07, 6.45) is -0.357. The van der Waals surface area contributed by atoms with Crippen molar-refractivity contribution in [2.24, 2.45) is 12.8 Å². The van der Waals surface area contributed by atoms with Gasteiger partial charge in [0.05, 0.1) is 11.2 Å². The Hall–Kier alpha value is -3.74.